The normalized spacial score (nSPS) is 16.0. The average molecular weight is 470 g/mol. The molecule has 0 saturated carbocycles. The van der Waals surface area contributed by atoms with Crippen molar-refractivity contribution in [3.63, 3.8) is 0 Å². The van der Waals surface area contributed by atoms with Gasteiger partial charge in [-0.05, 0) is 37.1 Å². The number of fused-ring (bicyclic) bond motifs is 1. The largest absolute Gasteiger partial charge is 0.353 e. The predicted molar refractivity (Wildman–Crippen MR) is 126 cm³/mol. The van der Waals surface area contributed by atoms with Crippen molar-refractivity contribution in [1.29, 1.82) is 0 Å². The first-order valence-electron chi connectivity index (χ1n) is 11.1. The smallest absolute Gasteiger partial charge is 0.254 e. The number of carbonyl (C=O) groups is 2. The van der Waals surface area contributed by atoms with E-state index in [1.54, 1.807) is 28.8 Å². The molecule has 0 aliphatic carbocycles. The maximum Gasteiger partial charge on any atom is 0.254 e. The van der Waals surface area contributed by atoms with Gasteiger partial charge >= 0.3 is 0 Å². The van der Waals surface area contributed by atoms with Crippen molar-refractivity contribution in [3.05, 3.63) is 52.9 Å². The molecule has 3 aromatic rings. The monoisotopic (exact) mass is 469 g/mol. The van der Waals surface area contributed by atoms with Gasteiger partial charge in [0.05, 0.1) is 0 Å². The summed E-state index contributed by atoms with van der Waals surface area (Å²) in [5, 5.41) is 7.80. The van der Waals surface area contributed by atoms with E-state index in [0.29, 0.717) is 42.5 Å². The molecule has 1 aliphatic heterocycles. The summed E-state index contributed by atoms with van der Waals surface area (Å²) in [5.74, 6) is 1.15. The van der Waals surface area contributed by atoms with Gasteiger partial charge in [-0.25, -0.2) is 4.98 Å². The van der Waals surface area contributed by atoms with Gasteiger partial charge in [-0.1, -0.05) is 31.9 Å². The molecule has 33 heavy (non-hydrogen) atoms. The van der Waals surface area contributed by atoms with E-state index in [1.807, 2.05) is 31.7 Å². The van der Waals surface area contributed by atoms with E-state index < -0.39 is 6.04 Å². The SMILES string of the molecule is CCC(C)C(NC(=O)c1ccc(Cl)cc1)C(=O)N1CCN(c2cc(C)nc3ncnn23)CC1. The summed E-state index contributed by atoms with van der Waals surface area (Å²) in [6.07, 6.45) is 2.27. The molecular formula is C23H28ClN7O2. The lowest BCUT2D eigenvalue weighted by atomic mass is 9.97. The molecule has 1 N–H and O–H groups in total. The lowest BCUT2D eigenvalue weighted by Gasteiger charge is -2.38. The first-order valence-corrected chi connectivity index (χ1v) is 11.5. The summed E-state index contributed by atoms with van der Waals surface area (Å²) in [6, 6.07) is 8.06. The standard InChI is InChI=1S/C23H28ClN7O2/c1-4-15(2)20(28-21(32)17-5-7-18(24)8-6-17)22(33)30-11-9-29(10-12-30)19-13-16(3)27-23-25-14-26-31(19)23/h5-8,13-15,20H,4,9-12H2,1-3H3,(H,28,32). The number of hydrogen-bond acceptors (Lipinski definition) is 6. The predicted octanol–water partition coefficient (Wildman–Crippen LogP) is 2.58. The minimum atomic E-state index is -0.588. The average Bonchev–Trinajstić information content (AvgIpc) is 3.30. The number of halogens is 1. The van der Waals surface area contributed by atoms with E-state index in [4.69, 9.17) is 11.6 Å². The van der Waals surface area contributed by atoms with Crippen LogP contribution in [0.2, 0.25) is 5.02 Å². The lowest BCUT2D eigenvalue weighted by molar-refractivity contribution is -0.134. The number of piperazine rings is 1. The number of hydrogen-bond donors (Lipinski definition) is 1. The fourth-order valence-electron chi connectivity index (χ4n) is 4.00. The van der Waals surface area contributed by atoms with Crippen molar-refractivity contribution in [2.45, 2.75) is 33.2 Å². The third-order valence-electron chi connectivity index (χ3n) is 6.15. The Balaban J connectivity index is 1.45. The van der Waals surface area contributed by atoms with Gasteiger partial charge in [0.15, 0.2) is 0 Å². The number of nitrogens with one attached hydrogen (secondary N) is 1. The molecule has 1 fully saturated rings. The Kier molecular flexibility index (Phi) is 6.78. The lowest BCUT2D eigenvalue weighted by Crippen LogP contribution is -2.57. The Morgan fingerprint density at radius 3 is 2.52 bits per heavy atom. The van der Waals surface area contributed by atoms with Crippen molar-refractivity contribution < 1.29 is 9.59 Å². The summed E-state index contributed by atoms with van der Waals surface area (Å²) in [5.41, 5.74) is 1.35. The van der Waals surface area contributed by atoms with Gasteiger partial charge in [-0.3, -0.25) is 9.59 Å². The number of anilines is 1. The molecule has 0 spiro atoms. The molecule has 174 valence electrons. The summed E-state index contributed by atoms with van der Waals surface area (Å²) in [7, 11) is 0. The molecule has 1 saturated heterocycles. The molecular weight excluding hydrogens is 442 g/mol. The zero-order valence-electron chi connectivity index (χ0n) is 19.0. The van der Waals surface area contributed by atoms with Crippen LogP contribution in [0.3, 0.4) is 0 Å². The van der Waals surface area contributed by atoms with Crippen LogP contribution < -0.4 is 10.2 Å². The minimum Gasteiger partial charge on any atom is -0.353 e. The first-order chi connectivity index (χ1) is 15.9. The van der Waals surface area contributed by atoms with E-state index in [1.165, 1.54) is 6.33 Å². The van der Waals surface area contributed by atoms with E-state index in [9.17, 15) is 9.59 Å². The van der Waals surface area contributed by atoms with Gasteiger partial charge in [-0.15, -0.1) is 0 Å². The zero-order valence-corrected chi connectivity index (χ0v) is 19.8. The molecule has 0 radical (unpaired) electrons. The van der Waals surface area contributed by atoms with Crippen LogP contribution >= 0.6 is 11.6 Å². The Labute approximate surface area is 197 Å². The van der Waals surface area contributed by atoms with Crippen LogP contribution in [0.1, 0.15) is 36.3 Å². The van der Waals surface area contributed by atoms with Crippen LogP contribution in [-0.2, 0) is 4.79 Å². The van der Waals surface area contributed by atoms with E-state index in [0.717, 1.165) is 17.9 Å². The van der Waals surface area contributed by atoms with Gasteiger partial charge < -0.3 is 15.1 Å². The van der Waals surface area contributed by atoms with Gasteiger partial charge in [0.25, 0.3) is 11.7 Å². The van der Waals surface area contributed by atoms with Crippen molar-refractivity contribution in [2.75, 3.05) is 31.1 Å². The maximum absolute atomic E-state index is 13.4. The Morgan fingerprint density at radius 2 is 1.85 bits per heavy atom. The van der Waals surface area contributed by atoms with Crippen molar-refractivity contribution in [2.24, 2.45) is 5.92 Å². The third kappa shape index (κ3) is 4.93. The highest BCUT2D eigenvalue weighted by Gasteiger charge is 2.32. The molecule has 1 aromatic carbocycles. The molecule has 3 heterocycles. The van der Waals surface area contributed by atoms with Crippen molar-refractivity contribution >= 4 is 35.0 Å². The van der Waals surface area contributed by atoms with Crippen LogP contribution in [-0.4, -0.2) is 68.5 Å². The minimum absolute atomic E-state index is 0.00407. The summed E-state index contributed by atoms with van der Waals surface area (Å²) < 4.78 is 1.72. The van der Waals surface area contributed by atoms with Gasteiger partial charge in [0.2, 0.25) is 5.91 Å². The molecule has 1 aliphatic rings. The van der Waals surface area contributed by atoms with Crippen LogP contribution in [0.4, 0.5) is 5.82 Å². The van der Waals surface area contributed by atoms with Crippen LogP contribution in [0.5, 0.6) is 0 Å². The number of nitrogens with zero attached hydrogens (tertiary/aromatic N) is 6. The van der Waals surface area contributed by atoms with Crippen molar-refractivity contribution in [3.8, 4) is 0 Å². The van der Waals surface area contributed by atoms with Crippen LogP contribution in [0.15, 0.2) is 36.7 Å². The summed E-state index contributed by atoms with van der Waals surface area (Å²) in [6.45, 7) is 8.36. The van der Waals surface area contributed by atoms with Gasteiger partial charge in [0, 0.05) is 48.5 Å². The quantitative estimate of drug-likeness (QED) is 0.596. The molecule has 10 heteroatoms. The Morgan fingerprint density at radius 1 is 1.15 bits per heavy atom. The van der Waals surface area contributed by atoms with Gasteiger partial charge in [-0.2, -0.15) is 14.6 Å². The second-order valence-electron chi connectivity index (χ2n) is 8.38. The molecule has 4 rings (SSSR count). The second kappa shape index (κ2) is 9.74. The highest BCUT2D eigenvalue weighted by molar-refractivity contribution is 6.30. The fraction of sp³-hybridized carbons (Fsp3) is 0.435. The Bertz CT molecular complexity index is 1140. The Hall–Kier alpha value is -3.20. The van der Waals surface area contributed by atoms with Crippen LogP contribution in [0, 0.1) is 12.8 Å². The zero-order chi connectivity index (χ0) is 23.5. The first kappa shape index (κ1) is 23.0. The summed E-state index contributed by atoms with van der Waals surface area (Å²) >= 11 is 5.93. The molecule has 9 nitrogen and oxygen atoms in total. The fourth-order valence-corrected chi connectivity index (χ4v) is 4.12. The topological polar surface area (TPSA) is 95.7 Å². The number of aromatic nitrogens is 4. The second-order valence-corrected chi connectivity index (χ2v) is 8.82. The highest BCUT2D eigenvalue weighted by atomic mass is 35.5. The molecule has 2 amide bonds. The molecule has 2 unspecified atom stereocenters. The number of benzene rings is 1. The van der Waals surface area contributed by atoms with Crippen molar-refractivity contribution in [1.82, 2.24) is 29.8 Å². The molecule has 2 aromatic heterocycles. The maximum atomic E-state index is 13.4. The number of aryl methyl sites for hydroxylation is 1. The third-order valence-corrected chi connectivity index (χ3v) is 6.40. The number of carbonyl (C=O) groups excluding carboxylic acids is 2. The van der Waals surface area contributed by atoms with Gasteiger partial charge in [0.1, 0.15) is 18.2 Å². The van der Waals surface area contributed by atoms with Crippen LogP contribution in [0.25, 0.3) is 5.78 Å². The van der Waals surface area contributed by atoms with E-state index in [-0.39, 0.29) is 17.7 Å². The van der Waals surface area contributed by atoms with E-state index in [2.05, 4.69) is 25.3 Å². The number of amides is 2. The summed E-state index contributed by atoms with van der Waals surface area (Å²) in [4.78, 5) is 38.8. The number of rotatable bonds is 6. The molecule has 0 bridgehead atoms. The van der Waals surface area contributed by atoms with E-state index >= 15 is 0 Å². The molecule has 2 atom stereocenters. The highest BCUT2D eigenvalue weighted by Crippen LogP contribution is 2.20.